The van der Waals surface area contributed by atoms with Gasteiger partial charge in [-0.25, -0.2) is 0 Å². The van der Waals surface area contributed by atoms with Gasteiger partial charge in [0, 0.05) is 11.0 Å². The molecular formula is C15H22BrNO. The monoisotopic (exact) mass is 311 g/mol. The summed E-state index contributed by atoms with van der Waals surface area (Å²) in [7, 11) is 0. The second kappa shape index (κ2) is 7.93. The number of benzene rings is 1. The molecule has 100 valence electrons. The Morgan fingerprint density at radius 3 is 2.78 bits per heavy atom. The highest BCUT2D eigenvalue weighted by molar-refractivity contribution is 9.10. The van der Waals surface area contributed by atoms with Crippen LogP contribution in [0.15, 0.2) is 28.7 Å². The highest BCUT2D eigenvalue weighted by Crippen LogP contribution is 2.23. The van der Waals surface area contributed by atoms with Crippen molar-refractivity contribution in [1.29, 1.82) is 0 Å². The summed E-state index contributed by atoms with van der Waals surface area (Å²) in [6.07, 6.45) is 5.66. The van der Waals surface area contributed by atoms with Gasteiger partial charge in [0.2, 0.25) is 0 Å². The van der Waals surface area contributed by atoms with Crippen molar-refractivity contribution in [2.45, 2.75) is 32.3 Å². The van der Waals surface area contributed by atoms with Crippen LogP contribution < -0.4 is 5.32 Å². The summed E-state index contributed by atoms with van der Waals surface area (Å²) in [5.41, 5.74) is 1.22. The van der Waals surface area contributed by atoms with Gasteiger partial charge in [-0.2, -0.15) is 0 Å². The standard InChI is InChI=1S/C15H22BrNO/c16-15-8-4-3-7-14(15)12-18-10-9-17-11-13-5-1-2-6-13/h3-4,7-8,13,17H,1-2,5-6,9-12H2. The SMILES string of the molecule is Brc1ccccc1COCCNCC1CCCC1. The fourth-order valence-electron chi connectivity index (χ4n) is 2.46. The molecule has 0 atom stereocenters. The predicted molar refractivity (Wildman–Crippen MR) is 78.6 cm³/mol. The van der Waals surface area contributed by atoms with Gasteiger partial charge in [-0.05, 0) is 36.9 Å². The largest absolute Gasteiger partial charge is 0.375 e. The molecule has 0 radical (unpaired) electrons. The highest BCUT2D eigenvalue weighted by atomic mass is 79.9. The highest BCUT2D eigenvalue weighted by Gasteiger charge is 2.13. The van der Waals surface area contributed by atoms with E-state index < -0.39 is 0 Å². The molecule has 0 amide bonds. The molecule has 1 fully saturated rings. The van der Waals surface area contributed by atoms with E-state index in [1.165, 1.54) is 37.8 Å². The van der Waals surface area contributed by atoms with E-state index in [1.54, 1.807) is 0 Å². The van der Waals surface area contributed by atoms with Crippen molar-refractivity contribution in [2.24, 2.45) is 5.92 Å². The molecule has 1 aromatic carbocycles. The minimum atomic E-state index is 0.687. The Balaban J connectivity index is 1.52. The zero-order valence-corrected chi connectivity index (χ0v) is 12.4. The smallest absolute Gasteiger partial charge is 0.0728 e. The zero-order valence-electron chi connectivity index (χ0n) is 10.8. The van der Waals surface area contributed by atoms with Crippen LogP contribution in [0.5, 0.6) is 0 Å². The third-order valence-electron chi connectivity index (χ3n) is 3.55. The molecule has 1 N–H and O–H groups in total. The molecule has 3 heteroatoms. The first kappa shape index (κ1) is 14.0. The Morgan fingerprint density at radius 2 is 2.00 bits per heavy atom. The van der Waals surface area contributed by atoms with Gasteiger partial charge in [-0.15, -0.1) is 0 Å². The Bertz CT molecular complexity index is 350. The second-order valence-electron chi connectivity index (χ2n) is 5.00. The Morgan fingerprint density at radius 1 is 1.22 bits per heavy atom. The number of ether oxygens (including phenoxy) is 1. The van der Waals surface area contributed by atoms with Crippen molar-refractivity contribution in [3.63, 3.8) is 0 Å². The van der Waals surface area contributed by atoms with Gasteiger partial charge in [0.15, 0.2) is 0 Å². The number of hydrogen-bond donors (Lipinski definition) is 1. The van der Waals surface area contributed by atoms with Crippen LogP contribution in [0.2, 0.25) is 0 Å². The van der Waals surface area contributed by atoms with Crippen LogP contribution in [0.1, 0.15) is 31.2 Å². The molecule has 1 aliphatic carbocycles. The van der Waals surface area contributed by atoms with Gasteiger partial charge in [-0.3, -0.25) is 0 Å². The molecule has 0 aromatic heterocycles. The summed E-state index contributed by atoms with van der Waals surface area (Å²) in [5.74, 6) is 0.910. The van der Waals surface area contributed by atoms with Crippen LogP contribution in [-0.2, 0) is 11.3 Å². The van der Waals surface area contributed by atoms with Crippen LogP contribution in [-0.4, -0.2) is 19.7 Å². The van der Waals surface area contributed by atoms with Crippen molar-refractivity contribution in [3.8, 4) is 0 Å². The number of nitrogens with one attached hydrogen (secondary N) is 1. The third kappa shape index (κ3) is 4.71. The number of halogens is 1. The van der Waals surface area contributed by atoms with E-state index in [2.05, 4.69) is 33.4 Å². The summed E-state index contributed by atoms with van der Waals surface area (Å²) < 4.78 is 6.80. The topological polar surface area (TPSA) is 21.3 Å². The summed E-state index contributed by atoms with van der Waals surface area (Å²) >= 11 is 3.53. The second-order valence-corrected chi connectivity index (χ2v) is 5.85. The van der Waals surface area contributed by atoms with Crippen molar-refractivity contribution in [3.05, 3.63) is 34.3 Å². The van der Waals surface area contributed by atoms with Crippen molar-refractivity contribution in [2.75, 3.05) is 19.7 Å². The number of hydrogen-bond acceptors (Lipinski definition) is 2. The van der Waals surface area contributed by atoms with E-state index in [-0.39, 0.29) is 0 Å². The molecule has 0 unspecified atom stereocenters. The fourth-order valence-corrected chi connectivity index (χ4v) is 2.86. The summed E-state index contributed by atoms with van der Waals surface area (Å²) in [5, 5.41) is 3.49. The summed E-state index contributed by atoms with van der Waals surface area (Å²) in [6.45, 7) is 3.60. The van der Waals surface area contributed by atoms with Crippen LogP contribution >= 0.6 is 15.9 Å². The third-order valence-corrected chi connectivity index (χ3v) is 4.32. The predicted octanol–water partition coefficient (Wildman–Crippen LogP) is 3.75. The summed E-state index contributed by atoms with van der Waals surface area (Å²) in [6, 6.07) is 8.21. The van der Waals surface area contributed by atoms with Crippen LogP contribution in [0, 0.1) is 5.92 Å². The molecular weight excluding hydrogens is 290 g/mol. The normalized spacial score (nSPS) is 16.3. The summed E-state index contributed by atoms with van der Waals surface area (Å²) in [4.78, 5) is 0. The lowest BCUT2D eigenvalue weighted by atomic mass is 10.1. The van der Waals surface area contributed by atoms with Crippen LogP contribution in [0.3, 0.4) is 0 Å². The molecule has 18 heavy (non-hydrogen) atoms. The molecule has 0 bridgehead atoms. The Hall–Kier alpha value is -0.380. The molecule has 1 aromatic rings. The van der Waals surface area contributed by atoms with Crippen molar-refractivity contribution < 1.29 is 4.74 Å². The van der Waals surface area contributed by atoms with Gasteiger partial charge in [0.1, 0.15) is 0 Å². The fraction of sp³-hybridized carbons (Fsp3) is 0.600. The molecule has 0 spiro atoms. The quantitative estimate of drug-likeness (QED) is 0.774. The maximum Gasteiger partial charge on any atom is 0.0728 e. The van der Waals surface area contributed by atoms with Crippen LogP contribution in [0.4, 0.5) is 0 Å². The Kier molecular flexibility index (Phi) is 6.18. The average Bonchev–Trinajstić information content (AvgIpc) is 2.89. The molecule has 1 saturated carbocycles. The van der Waals surface area contributed by atoms with Crippen molar-refractivity contribution >= 4 is 15.9 Å². The molecule has 1 aliphatic rings. The molecule has 2 rings (SSSR count). The van der Waals surface area contributed by atoms with E-state index in [4.69, 9.17) is 4.74 Å². The maximum atomic E-state index is 5.67. The van der Waals surface area contributed by atoms with Gasteiger partial charge >= 0.3 is 0 Å². The first-order chi connectivity index (χ1) is 8.86. The van der Waals surface area contributed by atoms with Crippen molar-refractivity contribution in [1.82, 2.24) is 5.32 Å². The lowest BCUT2D eigenvalue weighted by Crippen LogP contribution is -2.25. The first-order valence-corrected chi connectivity index (χ1v) is 7.67. The van der Waals surface area contributed by atoms with Gasteiger partial charge < -0.3 is 10.1 Å². The minimum absolute atomic E-state index is 0.687. The van der Waals surface area contributed by atoms with Crippen LogP contribution in [0.25, 0.3) is 0 Å². The average molecular weight is 312 g/mol. The molecule has 0 aliphatic heterocycles. The Labute approximate surface area is 118 Å². The zero-order chi connectivity index (χ0) is 12.6. The lowest BCUT2D eigenvalue weighted by molar-refractivity contribution is 0.121. The maximum absolute atomic E-state index is 5.67. The van der Waals surface area contributed by atoms with E-state index >= 15 is 0 Å². The molecule has 0 heterocycles. The first-order valence-electron chi connectivity index (χ1n) is 6.88. The lowest BCUT2D eigenvalue weighted by Gasteiger charge is -2.11. The molecule has 2 nitrogen and oxygen atoms in total. The van der Waals surface area contributed by atoms with Gasteiger partial charge in [-0.1, -0.05) is 47.0 Å². The van der Waals surface area contributed by atoms with E-state index in [0.29, 0.717) is 6.61 Å². The van der Waals surface area contributed by atoms with Gasteiger partial charge in [0.05, 0.1) is 13.2 Å². The van der Waals surface area contributed by atoms with E-state index in [9.17, 15) is 0 Å². The van der Waals surface area contributed by atoms with Gasteiger partial charge in [0.25, 0.3) is 0 Å². The minimum Gasteiger partial charge on any atom is -0.375 e. The number of rotatable bonds is 7. The van der Waals surface area contributed by atoms with E-state index in [0.717, 1.165) is 23.5 Å². The van der Waals surface area contributed by atoms with E-state index in [1.807, 2.05) is 12.1 Å². The molecule has 0 saturated heterocycles.